The van der Waals surface area contributed by atoms with Crippen molar-refractivity contribution >= 4 is 18.0 Å². The minimum absolute atomic E-state index is 0.325. The summed E-state index contributed by atoms with van der Waals surface area (Å²) in [5.41, 5.74) is 10.1. The van der Waals surface area contributed by atoms with Crippen molar-refractivity contribution in [1.82, 2.24) is 0 Å². The molecule has 2 aromatic rings. The third-order valence-corrected chi connectivity index (χ3v) is 7.84. The van der Waals surface area contributed by atoms with E-state index in [4.69, 9.17) is 0 Å². The number of carbonyl (C=O) groups is 1. The molecule has 27 heavy (non-hydrogen) atoms. The molecule has 0 heterocycles. The van der Waals surface area contributed by atoms with Gasteiger partial charge in [0, 0.05) is 10.9 Å². The molecule has 1 unspecified atom stereocenters. The van der Waals surface area contributed by atoms with E-state index >= 15 is 0 Å². The second-order valence-corrected chi connectivity index (χ2v) is 9.40. The van der Waals surface area contributed by atoms with Crippen LogP contribution < -0.4 is 5.30 Å². The molecule has 0 saturated heterocycles. The summed E-state index contributed by atoms with van der Waals surface area (Å²) in [4.78, 5) is 13.8. The molecular weight excluding hydrogens is 351 g/mol. The number of carbonyl (C=O) groups excluding carboxylic acids is 1. The summed E-state index contributed by atoms with van der Waals surface area (Å²) < 4.78 is 14.3. The summed E-state index contributed by atoms with van der Waals surface area (Å²) in [5.74, 6) is 0. The highest BCUT2D eigenvalue weighted by Crippen LogP contribution is 2.56. The number of hydrogen-bond donors (Lipinski definition) is 0. The summed E-state index contributed by atoms with van der Waals surface area (Å²) in [5, 5.41) is 0.932. The van der Waals surface area contributed by atoms with Gasteiger partial charge in [-0.1, -0.05) is 60.9 Å². The first kappa shape index (κ1) is 19.2. The summed E-state index contributed by atoms with van der Waals surface area (Å²) >= 11 is 0. The SMILES string of the molecule is CCc1c(C)cc(C)c(C(=O)P(=O)(C2=C=C=CC=C2)c2ccccc2)c1C. The van der Waals surface area contributed by atoms with Crippen LogP contribution in [0.2, 0.25) is 0 Å². The highest BCUT2D eigenvalue weighted by Gasteiger charge is 2.39. The summed E-state index contributed by atoms with van der Waals surface area (Å²) in [6.45, 7) is 8.02. The molecule has 2 nitrogen and oxygen atoms in total. The standard InChI is InChI=1S/C24H23O2P/c1-5-22-17(2)16-18(3)23(19(22)4)24(25)27(26,20-12-8-6-9-13-20)21-14-10-7-11-15-21/h6-10,12-14,16H,5H2,1-4H3. The Labute approximate surface area is 161 Å². The Morgan fingerprint density at radius 3 is 2.37 bits per heavy atom. The van der Waals surface area contributed by atoms with E-state index in [0.717, 1.165) is 23.1 Å². The van der Waals surface area contributed by atoms with E-state index in [2.05, 4.69) is 25.3 Å². The van der Waals surface area contributed by atoms with Crippen molar-refractivity contribution in [1.29, 1.82) is 0 Å². The molecule has 1 aliphatic rings. The molecule has 0 fully saturated rings. The average molecular weight is 374 g/mol. The highest BCUT2D eigenvalue weighted by molar-refractivity contribution is 7.91. The fourth-order valence-corrected chi connectivity index (χ4v) is 6.29. The maximum absolute atomic E-state index is 14.3. The van der Waals surface area contributed by atoms with Crippen molar-refractivity contribution in [2.45, 2.75) is 34.1 Å². The lowest BCUT2D eigenvalue weighted by atomic mass is 9.93. The average Bonchev–Trinajstić information content (AvgIpc) is 2.68. The molecule has 0 amide bonds. The fourth-order valence-electron chi connectivity index (χ4n) is 3.79. The van der Waals surface area contributed by atoms with Crippen molar-refractivity contribution in [3.05, 3.63) is 99.2 Å². The Balaban J connectivity index is 2.32. The van der Waals surface area contributed by atoms with Gasteiger partial charge < -0.3 is 4.57 Å². The number of rotatable bonds is 5. The topological polar surface area (TPSA) is 34.1 Å². The van der Waals surface area contributed by atoms with Crippen LogP contribution in [0.3, 0.4) is 0 Å². The van der Waals surface area contributed by atoms with Gasteiger partial charge in [0.05, 0.1) is 5.31 Å². The molecule has 0 radical (unpaired) electrons. The molecule has 3 heteroatoms. The molecule has 3 rings (SSSR count). The van der Waals surface area contributed by atoms with E-state index in [9.17, 15) is 9.36 Å². The smallest absolute Gasteiger partial charge is 0.231 e. The van der Waals surface area contributed by atoms with Crippen LogP contribution in [0.5, 0.6) is 0 Å². The minimum Gasteiger partial charge on any atom is -0.305 e. The van der Waals surface area contributed by atoms with Crippen LogP contribution in [0.1, 0.15) is 39.5 Å². The molecule has 1 aliphatic carbocycles. The molecule has 0 N–H and O–H groups in total. The molecule has 0 spiro atoms. The first-order valence-corrected chi connectivity index (χ1v) is 10.8. The van der Waals surface area contributed by atoms with Crippen LogP contribution in [0.15, 0.2) is 71.4 Å². The Morgan fingerprint density at radius 2 is 1.78 bits per heavy atom. The Hall–Kier alpha value is -2.62. The van der Waals surface area contributed by atoms with Gasteiger partial charge in [0.15, 0.2) is 0 Å². The molecule has 0 saturated carbocycles. The summed E-state index contributed by atoms with van der Waals surface area (Å²) in [7, 11) is -3.56. The monoisotopic (exact) mass is 374 g/mol. The number of allylic oxidation sites excluding steroid dienone is 4. The van der Waals surface area contributed by atoms with Crippen LogP contribution >= 0.6 is 7.14 Å². The van der Waals surface area contributed by atoms with Crippen molar-refractivity contribution in [2.75, 3.05) is 0 Å². The molecular formula is C24H23O2P. The van der Waals surface area contributed by atoms with Gasteiger partial charge in [0.25, 0.3) is 0 Å². The largest absolute Gasteiger partial charge is 0.305 e. The van der Waals surface area contributed by atoms with E-state index in [1.807, 2.05) is 38.1 Å². The van der Waals surface area contributed by atoms with Crippen LogP contribution in [0, 0.1) is 20.8 Å². The normalized spacial score (nSPS) is 14.7. The Kier molecular flexibility index (Phi) is 5.36. The van der Waals surface area contributed by atoms with E-state index in [-0.39, 0.29) is 5.52 Å². The lowest BCUT2D eigenvalue weighted by Gasteiger charge is -2.22. The van der Waals surface area contributed by atoms with Crippen molar-refractivity contribution in [3.63, 3.8) is 0 Å². The molecule has 2 aromatic carbocycles. The predicted molar refractivity (Wildman–Crippen MR) is 112 cm³/mol. The van der Waals surface area contributed by atoms with Crippen LogP contribution in [-0.2, 0) is 11.0 Å². The van der Waals surface area contributed by atoms with Gasteiger partial charge in [0.2, 0.25) is 12.7 Å². The van der Waals surface area contributed by atoms with Crippen LogP contribution in [-0.4, -0.2) is 5.52 Å². The van der Waals surface area contributed by atoms with Gasteiger partial charge in [-0.25, -0.2) is 0 Å². The molecule has 0 bridgehead atoms. The van der Waals surface area contributed by atoms with Gasteiger partial charge in [-0.15, -0.1) is 0 Å². The fraction of sp³-hybridized carbons (Fsp3) is 0.208. The third kappa shape index (κ3) is 3.25. The quantitative estimate of drug-likeness (QED) is 0.492. The summed E-state index contributed by atoms with van der Waals surface area (Å²) in [6.07, 6.45) is 5.99. The zero-order chi connectivity index (χ0) is 19.6. The van der Waals surface area contributed by atoms with Crippen LogP contribution in [0.4, 0.5) is 0 Å². The van der Waals surface area contributed by atoms with Crippen LogP contribution in [0.25, 0.3) is 0 Å². The van der Waals surface area contributed by atoms with Crippen molar-refractivity contribution in [3.8, 4) is 0 Å². The number of benzene rings is 2. The second-order valence-electron chi connectivity index (χ2n) is 6.77. The Morgan fingerprint density at radius 1 is 1.07 bits per heavy atom. The first-order chi connectivity index (χ1) is 12.9. The highest BCUT2D eigenvalue weighted by atomic mass is 31.2. The maximum Gasteiger partial charge on any atom is 0.231 e. The van der Waals surface area contributed by atoms with E-state index in [1.165, 1.54) is 5.56 Å². The lowest BCUT2D eigenvalue weighted by Crippen LogP contribution is -2.17. The van der Waals surface area contributed by atoms with Gasteiger partial charge in [-0.2, -0.15) is 0 Å². The van der Waals surface area contributed by atoms with Gasteiger partial charge >= 0.3 is 0 Å². The lowest BCUT2D eigenvalue weighted by molar-refractivity contribution is 0.107. The molecule has 0 aliphatic heterocycles. The van der Waals surface area contributed by atoms with E-state index in [0.29, 0.717) is 16.2 Å². The van der Waals surface area contributed by atoms with E-state index in [1.54, 1.807) is 30.4 Å². The van der Waals surface area contributed by atoms with Gasteiger partial charge in [0.1, 0.15) is 0 Å². The molecule has 0 aromatic heterocycles. The van der Waals surface area contributed by atoms with Gasteiger partial charge in [-0.3, -0.25) is 4.79 Å². The molecule has 136 valence electrons. The van der Waals surface area contributed by atoms with Gasteiger partial charge in [-0.05, 0) is 61.6 Å². The third-order valence-electron chi connectivity index (χ3n) is 5.08. The Bertz CT molecular complexity index is 1090. The first-order valence-electron chi connectivity index (χ1n) is 9.10. The minimum atomic E-state index is -3.56. The van der Waals surface area contributed by atoms with Crippen molar-refractivity contribution in [2.24, 2.45) is 0 Å². The van der Waals surface area contributed by atoms with Crippen molar-refractivity contribution < 1.29 is 9.36 Å². The summed E-state index contributed by atoms with van der Waals surface area (Å²) in [6, 6.07) is 11.0. The molecule has 1 atom stereocenters. The number of aryl methyl sites for hydroxylation is 2. The predicted octanol–water partition coefficient (Wildman–Crippen LogP) is 5.77. The number of hydrogen-bond acceptors (Lipinski definition) is 2. The van der Waals surface area contributed by atoms with E-state index < -0.39 is 7.14 Å². The second kappa shape index (κ2) is 7.55. The zero-order valence-electron chi connectivity index (χ0n) is 16.2. The maximum atomic E-state index is 14.3. The zero-order valence-corrected chi connectivity index (χ0v) is 17.1.